The standard InChI is InChI=1S/C16H12N4S2/c1-10-4-5-12-14(7-10)22-16(18-12)20-15-19-13(9-21-15)11-3-2-6-17-8-11/h2-9H,1H3,(H,18,19,20). The fourth-order valence-corrected chi connectivity index (χ4v) is 3.90. The quantitative estimate of drug-likeness (QED) is 0.584. The Hall–Kier alpha value is -2.31. The molecule has 4 rings (SSSR count). The molecule has 4 aromatic rings. The number of hydrogen-bond donors (Lipinski definition) is 1. The van der Waals surface area contributed by atoms with Crippen LogP contribution in [-0.2, 0) is 0 Å². The van der Waals surface area contributed by atoms with Crippen LogP contribution in [0, 0.1) is 6.92 Å². The summed E-state index contributed by atoms with van der Waals surface area (Å²) in [5.74, 6) is 0. The second-order valence-corrected chi connectivity index (χ2v) is 6.78. The van der Waals surface area contributed by atoms with Crippen LogP contribution in [0.3, 0.4) is 0 Å². The highest BCUT2D eigenvalue weighted by atomic mass is 32.1. The summed E-state index contributed by atoms with van der Waals surface area (Å²) >= 11 is 3.21. The van der Waals surface area contributed by atoms with E-state index < -0.39 is 0 Å². The van der Waals surface area contributed by atoms with Crippen molar-refractivity contribution < 1.29 is 0 Å². The Kier molecular flexibility index (Phi) is 3.32. The zero-order valence-electron chi connectivity index (χ0n) is 11.8. The molecule has 0 saturated heterocycles. The lowest BCUT2D eigenvalue weighted by molar-refractivity contribution is 1.30. The van der Waals surface area contributed by atoms with E-state index in [1.54, 1.807) is 28.9 Å². The minimum absolute atomic E-state index is 0.842. The summed E-state index contributed by atoms with van der Waals surface area (Å²) in [4.78, 5) is 13.3. The first-order chi connectivity index (χ1) is 10.8. The van der Waals surface area contributed by atoms with Gasteiger partial charge in [0.05, 0.1) is 15.9 Å². The number of benzene rings is 1. The second kappa shape index (κ2) is 5.47. The van der Waals surface area contributed by atoms with Gasteiger partial charge in [-0.1, -0.05) is 17.4 Å². The number of aromatic nitrogens is 3. The van der Waals surface area contributed by atoms with Crippen molar-refractivity contribution in [1.29, 1.82) is 0 Å². The predicted octanol–water partition coefficient (Wildman–Crippen LogP) is 4.87. The Bertz CT molecular complexity index is 928. The molecule has 1 N–H and O–H groups in total. The van der Waals surface area contributed by atoms with Gasteiger partial charge in [-0.3, -0.25) is 4.98 Å². The Morgan fingerprint density at radius 2 is 2.05 bits per heavy atom. The number of thiazole rings is 2. The van der Waals surface area contributed by atoms with E-state index in [1.807, 2.05) is 23.7 Å². The van der Waals surface area contributed by atoms with Gasteiger partial charge in [-0.25, -0.2) is 9.97 Å². The summed E-state index contributed by atoms with van der Waals surface area (Å²) in [6, 6.07) is 10.2. The van der Waals surface area contributed by atoms with E-state index in [0.717, 1.165) is 27.0 Å². The Morgan fingerprint density at radius 1 is 1.09 bits per heavy atom. The third-order valence-corrected chi connectivity index (χ3v) is 4.91. The molecule has 0 aliphatic carbocycles. The number of rotatable bonds is 3. The molecule has 0 bridgehead atoms. The van der Waals surface area contributed by atoms with Crippen molar-refractivity contribution in [3.8, 4) is 11.3 Å². The summed E-state index contributed by atoms with van der Waals surface area (Å²) < 4.78 is 1.19. The highest BCUT2D eigenvalue weighted by Crippen LogP contribution is 2.31. The molecule has 0 radical (unpaired) electrons. The van der Waals surface area contributed by atoms with Crippen LogP contribution in [0.1, 0.15) is 5.56 Å². The van der Waals surface area contributed by atoms with Gasteiger partial charge < -0.3 is 5.32 Å². The molecular weight excluding hydrogens is 312 g/mol. The average molecular weight is 324 g/mol. The van der Waals surface area contributed by atoms with Gasteiger partial charge in [0.25, 0.3) is 0 Å². The average Bonchev–Trinajstić information content (AvgIpc) is 3.14. The summed E-state index contributed by atoms with van der Waals surface area (Å²) in [5.41, 5.74) is 4.21. The van der Waals surface area contributed by atoms with Crippen LogP contribution in [0.25, 0.3) is 21.5 Å². The van der Waals surface area contributed by atoms with Crippen molar-refractivity contribution in [1.82, 2.24) is 15.0 Å². The molecule has 3 aromatic heterocycles. The van der Waals surface area contributed by atoms with Crippen molar-refractivity contribution >= 4 is 43.2 Å². The molecular formula is C16H12N4S2. The Labute approximate surface area is 135 Å². The third-order valence-electron chi connectivity index (χ3n) is 3.22. The minimum atomic E-state index is 0.842. The van der Waals surface area contributed by atoms with Crippen LogP contribution in [0.15, 0.2) is 48.1 Å². The van der Waals surface area contributed by atoms with Gasteiger partial charge in [0.1, 0.15) is 0 Å². The van der Waals surface area contributed by atoms with Gasteiger partial charge in [-0.2, -0.15) is 0 Å². The van der Waals surface area contributed by atoms with Crippen molar-refractivity contribution in [2.24, 2.45) is 0 Å². The molecule has 3 heterocycles. The molecule has 0 spiro atoms. The molecule has 0 aliphatic heterocycles. The largest absolute Gasteiger partial charge is 0.307 e. The SMILES string of the molecule is Cc1ccc2nc(Nc3nc(-c4cccnc4)cs3)sc2c1. The van der Waals surface area contributed by atoms with Gasteiger partial charge in [-0.15, -0.1) is 11.3 Å². The molecule has 1 aromatic carbocycles. The van der Waals surface area contributed by atoms with Gasteiger partial charge in [-0.05, 0) is 36.8 Å². The number of anilines is 2. The predicted molar refractivity (Wildman–Crippen MR) is 93.0 cm³/mol. The first-order valence-corrected chi connectivity index (χ1v) is 8.48. The van der Waals surface area contributed by atoms with Gasteiger partial charge in [0.2, 0.25) is 0 Å². The molecule has 6 heteroatoms. The van der Waals surface area contributed by atoms with Crippen LogP contribution in [0.5, 0.6) is 0 Å². The monoisotopic (exact) mass is 324 g/mol. The maximum Gasteiger partial charge on any atom is 0.190 e. The summed E-state index contributed by atoms with van der Waals surface area (Å²) in [6.45, 7) is 2.09. The molecule has 4 nitrogen and oxygen atoms in total. The maximum atomic E-state index is 4.60. The molecule has 0 amide bonds. The lowest BCUT2D eigenvalue weighted by Crippen LogP contribution is -1.88. The zero-order valence-corrected chi connectivity index (χ0v) is 13.4. The number of aryl methyl sites for hydroxylation is 1. The Balaban J connectivity index is 1.61. The van der Waals surface area contributed by atoms with Crippen molar-refractivity contribution in [3.63, 3.8) is 0 Å². The van der Waals surface area contributed by atoms with Gasteiger partial charge >= 0.3 is 0 Å². The van der Waals surface area contributed by atoms with Crippen molar-refractivity contribution in [2.45, 2.75) is 6.92 Å². The number of nitrogens with one attached hydrogen (secondary N) is 1. The fourth-order valence-electron chi connectivity index (χ4n) is 2.15. The van der Waals surface area contributed by atoms with Gasteiger partial charge in [0, 0.05) is 23.3 Å². The minimum Gasteiger partial charge on any atom is -0.307 e. The lowest BCUT2D eigenvalue weighted by atomic mass is 10.2. The van der Waals surface area contributed by atoms with Crippen LogP contribution >= 0.6 is 22.7 Å². The van der Waals surface area contributed by atoms with Crippen LogP contribution in [-0.4, -0.2) is 15.0 Å². The maximum absolute atomic E-state index is 4.60. The molecule has 0 saturated carbocycles. The summed E-state index contributed by atoms with van der Waals surface area (Å²) in [6.07, 6.45) is 3.58. The molecule has 0 aliphatic rings. The van der Waals surface area contributed by atoms with Crippen molar-refractivity contribution in [3.05, 3.63) is 53.7 Å². The van der Waals surface area contributed by atoms with E-state index in [9.17, 15) is 0 Å². The van der Waals surface area contributed by atoms with E-state index in [1.165, 1.54) is 10.3 Å². The molecule has 0 fully saturated rings. The lowest BCUT2D eigenvalue weighted by Gasteiger charge is -1.96. The topological polar surface area (TPSA) is 50.7 Å². The third kappa shape index (κ3) is 2.58. The van der Waals surface area contributed by atoms with E-state index in [2.05, 4.69) is 45.4 Å². The highest BCUT2D eigenvalue weighted by Gasteiger charge is 2.08. The van der Waals surface area contributed by atoms with E-state index in [4.69, 9.17) is 0 Å². The number of fused-ring (bicyclic) bond motifs is 1. The molecule has 108 valence electrons. The first-order valence-electron chi connectivity index (χ1n) is 6.78. The van der Waals surface area contributed by atoms with Crippen LogP contribution in [0.2, 0.25) is 0 Å². The fraction of sp³-hybridized carbons (Fsp3) is 0.0625. The van der Waals surface area contributed by atoms with Crippen LogP contribution in [0.4, 0.5) is 10.3 Å². The molecule has 0 atom stereocenters. The smallest absolute Gasteiger partial charge is 0.190 e. The number of nitrogens with zero attached hydrogens (tertiary/aromatic N) is 3. The van der Waals surface area contributed by atoms with Crippen molar-refractivity contribution in [2.75, 3.05) is 5.32 Å². The van der Waals surface area contributed by atoms with E-state index >= 15 is 0 Å². The van der Waals surface area contributed by atoms with Gasteiger partial charge in [0.15, 0.2) is 10.3 Å². The first kappa shape index (κ1) is 13.4. The number of pyridine rings is 1. The van der Waals surface area contributed by atoms with E-state index in [0.29, 0.717) is 0 Å². The number of hydrogen-bond acceptors (Lipinski definition) is 6. The summed E-state index contributed by atoms with van der Waals surface area (Å²) in [7, 11) is 0. The molecule has 0 unspecified atom stereocenters. The summed E-state index contributed by atoms with van der Waals surface area (Å²) in [5, 5.41) is 7.03. The van der Waals surface area contributed by atoms with E-state index in [-0.39, 0.29) is 0 Å². The zero-order chi connectivity index (χ0) is 14.9. The Morgan fingerprint density at radius 3 is 2.91 bits per heavy atom. The molecule has 22 heavy (non-hydrogen) atoms. The highest BCUT2D eigenvalue weighted by molar-refractivity contribution is 7.22. The van der Waals surface area contributed by atoms with Crippen LogP contribution < -0.4 is 5.32 Å². The normalized spacial score (nSPS) is 11.0. The second-order valence-electron chi connectivity index (χ2n) is 4.89.